The van der Waals surface area contributed by atoms with E-state index in [1.165, 1.54) is 24.7 Å². The van der Waals surface area contributed by atoms with Gasteiger partial charge in [0.15, 0.2) is 5.43 Å². The van der Waals surface area contributed by atoms with E-state index in [1.54, 1.807) is 18.2 Å². The Balaban J connectivity index is 2.32. The highest BCUT2D eigenvalue weighted by molar-refractivity contribution is 5.75. The fraction of sp³-hybridized carbons (Fsp3) is 0. The van der Waals surface area contributed by atoms with Gasteiger partial charge in [0, 0.05) is 12.3 Å². The van der Waals surface area contributed by atoms with Gasteiger partial charge in [-0.25, -0.2) is 9.97 Å². The van der Waals surface area contributed by atoms with E-state index in [1.807, 2.05) is 0 Å². The molecule has 0 spiro atoms. The molecule has 0 saturated heterocycles. The van der Waals surface area contributed by atoms with Crippen LogP contribution in [-0.2, 0) is 0 Å². The molecule has 0 aliphatic heterocycles. The summed E-state index contributed by atoms with van der Waals surface area (Å²) in [5.41, 5.74) is 0.418. The van der Waals surface area contributed by atoms with Crippen molar-refractivity contribution in [1.29, 1.82) is 0 Å². The van der Waals surface area contributed by atoms with Gasteiger partial charge in [0.2, 0.25) is 5.71 Å². The number of rotatable bonds is 1. The zero-order valence-electron chi connectivity index (χ0n) is 9.20. The van der Waals surface area contributed by atoms with E-state index in [4.69, 9.17) is 4.42 Å². The van der Waals surface area contributed by atoms with E-state index in [-0.39, 0.29) is 22.7 Å². The maximum absolute atomic E-state index is 11.9. The van der Waals surface area contributed by atoms with Gasteiger partial charge < -0.3 is 9.52 Å². The Bertz CT molecular complexity index is 780. The third-order valence-corrected chi connectivity index (χ3v) is 2.58. The van der Waals surface area contributed by atoms with Gasteiger partial charge in [0.25, 0.3) is 0 Å². The Hall–Kier alpha value is -2.69. The van der Waals surface area contributed by atoms with Gasteiger partial charge in [-0.15, -0.1) is 0 Å². The monoisotopic (exact) mass is 240 g/mol. The molecule has 18 heavy (non-hydrogen) atoms. The van der Waals surface area contributed by atoms with Gasteiger partial charge in [-0.3, -0.25) is 4.79 Å². The normalized spacial score (nSPS) is 10.7. The van der Waals surface area contributed by atoms with Gasteiger partial charge in [-0.2, -0.15) is 0 Å². The van der Waals surface area contributed by atoms with Crippen molar-refractivity contribution < 1.29 is 9.52 Å². The third kappa shape index (κ3) is 1.62. The minimum absolute atomic E-state index is 0.0501. The molecule has 88 valence electrons. The summed E-state index contributed by atoms with van der Waals surface area (Å²) >= 11 is 0. The number of benzene rings is 1. The van der Waals surface area contributed by atoms with Gasteiger partial charge in [-0.05, 0) is 12.1 Å². The number of fused-ring (bicyclic) bond motifs is 1. The molecule has 0 aliphatic carbocycles. The predicted molar refractivity (Wildman–Crippen MR) is 65.2 cm³/mol. The standard InChI is InChI=1S/C13H8N2O3/c16-10-4-2-1-3-8(10)12-5-11(17)9-6-14-7-15-13(9)18-12/h1-7,16H. The summed E-state index contributed by atoms with van der Waals surface area (Å²) in [6.07, 6.45) is 2.71. The van der Waals surface area contributed by atoms with Crippen molar-refractivity contribution >= 4 is 11.1 Å². The minimum Gasteiger partial charge on any atom is -0.507 e. The molecule has 0 bridgehead atoms. The summed E-state index contributed by atoms with van der Waals surface area (Å²) in [7, 11) is 0. The Morgan fingerprint density at radius 2 is 2.06 bits per heavy atom. The summed E-state index contributed by atoms with van der Waals surface area (Å²) in [6, 6.07) is 7.96. The van der Waals surface area contributed by atoms with Crippen LogP contribution in [0.15, 0.2) is 52.1 Å². The number of hydrogen-bond acceptors (Lipinski definition) is 5. The van der Waals surface area contributed by atoms with Crippen LogP contribution in [0.5, 0.6) is 5.75 Å². The molecule has 0 amide bonds. The second-order valence-corrected chi connectivity index (χ2v) is 3.73. The first-order valence-electron chi connectivity index (χ1n) is 5.28. The number of para-hydroxylation sites is 1. The van der Waals surface area contributed by atoms with Crippen LogP contribution in [0.4, 0.5) is 0 Å². The second-order valence-electron chi connectivity index (χ2n) is 3.73. The van der Waals surface area contributed by atoms with E-state index < -0.39 is 0 Å². The third-order valence-electron chi connectivity index (χ3n) is 2.58. The van der Waals surface area contributed by atoms with Crippen molar-refractivity contribution in [2.45, 2.75) is 0 Å². The van der Waals surface area contributed by atoms with Crippen LogP contribution in [0, 0.1) is 0 Å². The van der Waals surface area contributed by atoms with Crippen LogP contribution in [0.25, 0.3) is 22.4 Å². The summed E-state index contributed by atoms with van der Waals surface area (Å²) in [4.78, 5) is 19.5. The molecule has 0 fully saturated rings. The molecule has 5 heteroatoms. The second kappa shape index (κ2) is 3.96. The van der Waals surface area contributed by atoms with Crippen molar-refractivity contribution in [3.05, 3.63) is 53.1 Å². The zero-order valence-corrected chi connectivity index (χ0v) is 9.20. The van der Waals surface area contributed by atoms with Gasteiger partial charge in [-0.1, -0.05) is 12.1 Å². The van der Waals surface area contributed by atoms with Crippen LogP contribution in [0.2, 0.25) is 0 Å². The fourth-order valence-electron chi connectivity index (χ4n) is 1.71. The Morgan fingerprint density at radius 1 is 1.22 bits per heavy atom. The molecule has 5 nitrogen and oxygen atoms in total. The average Bonchev–Trinajstić information content (AvgIpc) is 2.39. The van der Waals surface area contributed by atoms with Crippen LogP contribution in [0.1, 0.15) is 0 Å². The smallest absolute Gasteiger partial charge is 0.233 e. The molecular weight excluding hydrogens is 232 g/mol. The van der Waals surface area contributed by atoms with Crippen LogP contribution < -0.4 is 5.43 Å². The number of nitrogens with zero attached hydrogens (tertiary/aromatic N) is 2. The first-order chi connectivity index (χ1) is 8.75. The summed E-state index contributed by atoms with van der Waals surface area (Å²) in [6.45, 7) is 0. The quantitative estimate of drug-likeness (QED) is 0.703. The van der Waals surface area contributed by atoms with Crippen molar-refractivity contribution in [3.8, 4) is 17.1 Å². The Kier molecular flexibility index (Phi) is 2.30. The topological polar surface area (TPSA) is 76.2 Å². The first kappa shape index (κ1) is 10.5. The van der Waals surface area contributed by atoms with E-state index in [0.717, 1.165) is 0 Å². The SMILES string of the molecule is O=c1cc(-c2ccccc2O)oc2ncncc12. The molecule has 2 aromatic heterocycles. The number of phenols is 1. The molecular formula is C13H8N2O3. The molecule has 0 unspecified atom stereocenters. The summed E-state index contributed by atoms with van der Waals surface area (Å²) in [5.74, 6) is 0.332. The molecule has 1 aromatic carbocycles. The summed E-state index contributed by atoms with van der Waals surface area (Å²) in [5, 5.41) is 10.0. The molecule has 1 N–H and O–H groups in total. The molecule has 2 heterocycles. The highest BCUT2D eigenvalue weighted by atomic mass is 16.3. The number of phenolic OH excluding ortho intramolecular Hbond substituents is 1. The van der Waals surface area contributed by atoms with Gasteiger partial charge >= 0.3 is 0 Å². The predicted octanol–water partition coefficient (Wildman–Crippen LogP) is 1.96. The molecule has 0 saturated carbocycles. The molecule has 0 aliphatic rings. The lowest BCUT2D eigenvalue weighted by atomic mass is 10.1. The zero-order chi connectivity index (χ0) is 12.5. The van der Waals surface area contributed by atoms with Crippen molar-refractivity contribution in [3.63, 3.8) is 0 Å². The lowest BCUT2D eigenvalue weighted by Crippen LogP contribution is -2.01. The maximum atomic E-state index is 11.9. The number of aromatic hydroxyl groups is 1. The lowest BCUT2D eigenvalue weighted by Gasteiger charge is -2.03. The molecule has 3 rings (SSSR count). The maximum Gasteiger partial charge on any atom is 0.233 e. The number of hydrogen-bond donors (Lipinski definition) is 1. The highest BCUT2D eigenvalue weighted by Crippen LogP contribution is 2.28. The van der Waals surface area contributed by atoms with E-state index in [0.29, 0.717) is 10.9 Å². The van der Waals surface area contributed by atoms with Crippen LogP contribution >= 0.6 is 0 Å². The lowest BCUT2D eigenvalue weighted by molar-refractivity contribution is 0.474. The van der Waals surface area contributed by atoms with Crippen molar-refractivity contribution in [1.82, 2.24) is 9.97 Å². The van der Waals surface area contributed by atoms with Crippen LogP contribution in [0.3, 0.4) is 0 Å². The van der Waals surface area contributed by atoms with Crippen molar-refractivity contribution in [2.24, 2.45) is 0 Å². The fourth-order valence-corrected chi connectivity index (χ4v) is 1.71. The average molecular weight is 240 g/mol. The minimum atomic E-state index is -0.241. The van der Waals surface area contributed by atoms with Crippen LogP contribution in [-0.4, -0.2) is 15.1 Å². The van der Waals surface area contributed by atoms with Gasteiger partial charge in [0.05, 0.1) is 5.56 Å². The van der Waals surface area contributed by atoms with Crippen molar-refractivity contribution in [2.75, 3.05) is 0 Å². The van der Waals surface area contributed by atoms with E-state index in [2.05, 4.69) is 9.97 Å². The largest absolute Gasteiger partial charge is 0.507 e. The Labute approximate surface area is 101 Å². The van der Waals surface area contributed by atoms with E-state index in [9.17, 15) is 9.90 Å². The first-order valence-corrected chi connectivity index (χ1v) is 5.28. The van der Waals surface area contributed by atoms with E-state index >= 15 is 0 Å². The molecule has 0 radical (unpaired) electrons. The molecule has 0 atom stereocenters. The molecule has 3 aromatic rings. The highest BCUT2D eigenvalue weighted by Gasteiger charge is 2.10. The number of aromatic nitrogens is 2. The Morgan fingerprint density at radius 3 is 2.89 bits per heavy atom. The van der Waals surface area contributed by atoms with Gasteiger partial charge in [0.1, 0.15) is 23.2 Å². The summed E-state index contributed by atoms with van der Waals surface area (Å²) < 4.78 is 5.50.